The molecule has 88 valence electrons. The number of carbonyl (C=O) groups is 2. The molecule has 0 aromatic rings. The lowest BCUT2D eigenvalue weighted by atomic mass is 10.2. The largest absolute Gasteiger partial charge is 0.453 e. The van der Waals surface area contributed by atoms with E-state index in [1.165, 1.54) is 0 Å². The van der Waals surface area contributed by atoms with E-state index in [0.29, 0.717) is 13.1 Å². The fraction of sp³-hybridized carbons (Fsp3) is 0.800. The number of nitrogens with zero attached hydrogens (tertiary/aromatic N) is 1. The van der Waals surface area contributed by atoms with Gasteiger partial charge in [0, 0.05) is 13.1 Å². The van der Waals surface area contributed by atoms with Gasteiger partial charge in [0.1, 0.15) is 5.60 Å². The molecule has 0 fully saturated rings. The highest BCUT2D eigenvalue weighted by Gasteiger charge is 2.22. The van der Waals surface area contributed by atoms with Crippen LogP contribution >= 0.6 is 0 Å². The summed E-state index contributed by atoms with van der Waals surface area (Å²) in [6, 6.07) is 0. The van der Waals surface area contributed by atoms with Crippen LogP contribution in [0.1, 0.15) is 20.8 Å². The summed E-state index contributed by atoms with van der Waals surface area (Å²) in [5.41, 5.74) is -0.629. The van der Waals surface area contributed by atoms with Gasteiger partial charge in [-0.25, -0.2) is 4.79 Å². The second kappa shape index (κ2) is 5.70. The fourth-order valence-corrected chi connectivity index (χ4v) is 0.790. The Morgan fingerprint density at radius 1 is 1.27 bits per heavy atom. The molecule has 0 aliphatic carbocycles. The molecule has 1 N–H and O–H groups in total. The van der Waals surface area contributed by atoms with Gasteiger partial charge in [-0.15, -0.1) is 0 Å². The van der Waals surface area contributed by atoms with Gasteiger partial charge in [-0.3, -0.25) is 4.79 Å². The Balaban J connectivity index is 3.86. The van der Waals surface area contributed by atoms with Crippen LogP contribution in [0.3, 0.4) is 0 Å². The molecule has 0 heterocycles. The van der Waals surface area contributed by atoms with E-state index >= 15 is 0 Å². The van der Waals surface area contributed by atoms with Gasteiger partial charge in [0.15, 0.2) is 0 Å². The summed E-state index contributed by atoms with van der Waals surface area (Å²) in [6.45, 7) is 6.29. The summed E-state index contributed by atoms with van der Waals surface area (Å²) in [6.07, 6.45) is 0. The number of amides is 1. The van der Waals surface area contributed by atoms with Gasteiger partial charge >= 0.3 is 11.9 Å². The first kappa shape index (κ1) is 13.9. The van der Waals surface area contributed by atoms with Crippen LogP contribution in [0.15, 0.2) is 0 Å². The predicted molar refractivity (Wildman–Crippen MR) is 57.4 cm³/mol. The lowest BCUT2D eigenvalue weighted by Gasteiger charge is -2.19. The van der Waals surface area contributed by atoms with E-state index in [1.54, 1.807) is 20.8 Å². The van der Waals surface area contributed by atoms with Crippen molar-refractivity contribution in [2.75, 3.05) is 27.2 Å². The minimum absolute atomic E-state index is 0.436. The third-order valence-electron chi connectivity index (χ3n) is 1.43. The van der Waals surface area contributed by atoms with Crippen LogP contribution in [0.5, 0.6) is 0 Å². The van der Waals surface area contributed by atoms with Crippen LogP contribution in [0, 0.1) is 0 Å². The van der Waals surface area contributed by atoms with E-state index < -0.39 is 17.5 Å². The summed E-state index contributed by atoms with van der Waals surface area (Å²) in [7, 11) is 3.78. The molecular formula is C10H20N2O3. The standard InChI is InChI=1S/C10H20N2O3/c1-10(2,3)15-9(14)8(13)11-6-7-12(4)5/h6-7H2,1-5H3,(H,11,13). The zero-order valence-electron chi connectivity index (χ0n) is 10.1. The first-order valence-electron chi connectivity index (χ1n) is 4.88. The molecule has 0 unspecified atom stereocenters. The normalized spacial score (nSPS) is 11.3. The van der Waals surface area contributed by atoms with Crippen molar-refractivity contribution in [3.8, 4) is 0 Å². The van der Waals surface area contributed by atoms with Crippen molar-refractivity contribution >= 4 is 11.9 Å². The average Bonchev–Trinajstić information content (AvgIpc) is 1.99. The third kappa shape index (κ3) is 7.93. The maximum atomic E-state index is 11.2. The van der Waals surface area contributed by atoms with Gasteiger partial charge in [-0.1, -0.05) is 0 Å². The molecule has 0 saturated carbocycles. The summed E-state index contributed by atoms with van der Waals surface area (Å²) < 4.78 is 4.89. The molecule has 0 bridgehead atoms. The number of ether oxygens (including phenoxy) is 1. The summed E-state index contributed by atoms with van der Waals surface area (Å²) in [5.74, 6) is -1.52. The van der Waals surface area contributed by atoms with E-state index in [-0.39, 0.29) is 0 Å². The maximum Gasteiger partial charge on any atom is 0.397 e. The number of esters is 1. The van der Waals surface area contributed by atoms with Crippen molar-refractivity contribution in [1.82, 2.24) is 10.2 Å². The Kier molecular flexibility index (Phi) is 5.28. The first-order chi connectivity index (χ1) is 6.72. The number of hydrogen-bond acceptors (Lipinski definition) is 4. The second-order valence-corrected chi connectivity index (χ2v) is 4.56. The minimum Gasteiger partial charge on any atom is -0.453 e. The second-order valence-electron chi connectivity index (χ2n) is 4.56. The van der Waals surface area contributed by atoms with Gasteiger partial charge in [0.2, 0.25) is 0 Å². The Hall–Kier alpha value is -1.10. The summed E-state index contributed by atoms with van der Waals surface area (Å²) >= 11 is 0. The van der Waals surface area contributed by atoms with Crippen LogP contribution in [0.25, 0.3) is 0 Å². The van der Waals surface area contributed by atoms with Crippen molar-refractivity contribution < 1.29 is 14.3 Å². The number of carbonyl (C=O) groups excluding carboxylic acids is 2. The third-order valence-corrected chi connectivity index (χ3v) is 1.43. The minimum atomic E-state index is -0.832. The zero-order chi connectivity index (χ0) is 12.1. The van der Waals surface area contributed by atoms with E-state index in [9.17, 15) is 9.59 Å². The smallest absolute Gasteiger partial charge is 0.397 e. The number of rotatable bonds is 3. The molecule has 0 spiro atoms. The lowest BCUT2D eigenvalue weighted by Crippen LogP contribution is -2.39. The van der Waals surface area contributed by atoms with Crippen molar-refractivity contribution in [2.45, 2.75) is 26.4 Å². The van der Waals surface area contributed by atoms with Crippen LogP contribution in [0.2, 0.25) is 0 Å². The number of likely N-dealkylation sites (N-methyl/N-ethyl adjacent to an activating group) is 1. The molecule has 0 aromatic carbocycles. The molecule has 5 nitrogen and oxygen atoms in total. The van der Waals surface area contributed by atoms with Gasteiger partial charge in [-0.2, -0.15) is 0 Å². The van der Waals surface area contributed by atoms with Crippen molar-refractivity contribution in [3.63, 3.8) is 0 Å². The molecule has 5 heteroatoms. The van der Waals surface area contributed by atoms with Gasteiger partial charge < -0.3 is 15.0 Å². The molecule has 0 aliphatic rings. The van der Waals surface area contributed by atoms with Crippen molar-refractivity contribution in [2.24, 2.45) is 0 Å². The highest BCUT2D eigenvalue weighted by atomic mass is 16.6. The Morgan fingerprint density at radius 2 is 1.80 bits per heavy atom. The molecule has 0 aromatic heterocycles. The average molecular weight is 216 g/mol. The van der Waals surface area contributed by atoms with Crippen molar-refractivity contribution in [3.05, 3.63) is 0 Å². The van der Waals surface area contributed by atoms with Crippen molar-refractivity contribution in [1.29, 1.82) is 0 Å². The van der Waals surface area contributed by atoms with Crippen LogP contribution in [-0.2, 0) is 14.3 Å². The predicted octanol–water partition coefficient (Wildman–Crippen LogP) is 0.00590. The lowest BCUT2D eigenvalue weighted by molar-refractivity contribution is -0.163. The Morgan fingerprint density at radius 3 is 2.20 bits per heavy atom. The first-order valence-corrected chi connectivity index (χ1v) is 4.88. The van der Waals surface area contributed by atoms with E-state index in [1.807, 2.05) is 19.0 Å². The molecule has 1 amide bonds. The summed E-state index contributed by atoms with van der Waals surface area (Å²) in [4.78, 5) is 24.3. The molecule has 0 rings (SSSR count). The van der Waals surface area contributed by atoms with E-state index in [4.69, 9.17) is 4.74 Å². The van der Waals surface area contributed by atoms with Gasteiger partial charge in [0.25, 0.3) is 0 Å². The monoisotopic (exact) mass is 216 g/mol. The Bertz CT molecular complexity index is 231. The van der Waals surface area contributed by atoms with E-state index in [0.717, 1.165) is 0 Å². The van der Waals surface area contributed by atoms with Crippen LogP contribution in [0.4, 0.5) is 0 Å². The number of hydrogen-bond donors (Lipinski definition) is 1. The highest BCUT2D eigenvalue weighted by Crippen LogP contribution is 2.06. The zero-order valence-corrected chi connectivity index (χ0v) is 10.1. The SMILES string of the molecule is CN(C)CCNC(=O)C(=O)OC(C)(C)C. The topological polar surface area (TPSA) is 58.6 Å². The fourth-order valence-electron chi connectivity index (χ4n) is 0.790. The quantitative estimate of drug-likeness (QED) is 0.533. The molecular weight excluding hydrogens is 196 g/mol. The van der Waals surface area contributed by atoms with Gasteiger partial charge in [0.05, 0.1) is 0 Å². The molecule has 0 aliphatic heterocycles. The molecule has 15 heavy (non-hydrogen) atoms. The highest BCUT2D eigenvalue weighted by molar-refractivity contribution is 6.32. The molecule has 0 saturated heterocycles. The Labute approximate surface area is 90.8 Å². The molecule has 0 radical (unpaired) electrons. The number of nitrogens with one attached hydrogen (secondary N) is 1. The summed E-state index contributed by atoms with van der Waals surface area (Å²) in [5, 5.41) is 2.48. The van der Waals surface area contributed by atoms with E-state index in [2.05, 4.69) is 5.32 Å². The van der Waals surface area contributed by atoms with Crippen LogP contribution < -0.4 is 5.32 Å². The maximum absolute atomic E-state index is 11.2. The van der Waals surface area contributed by atoms with Crippen LogP contribution in [-0.4, -0.2) is 49.6 Å². The molecule has 0 atom stereocenters. The van der Waals surface area contributed by atoms with Gasteiger partial charge in [-0.05, 0) is 34.9 Å².